The lowest BCUT2D eigenvalue weighted by Gasteiger charge is -2.47. The van der Waals surface area contributed by atoms with E-state index in [4.69, 9.17) is 9.73 Å². The minimum atomic E-state index is -4.43. The van der Waals surface area contributed by atoms with Gasteiger partial charge in [-0.05, 0) is 73.0 Å². The molecule has 3 nitrogen and oxygen atoms in total. The molecule has 1 unspecified atom stereocenters. The van der Waals surface area contributed by atoms with Gasteiger partial charge in [-0.1, -0.05) is 67.9 Å². The van der Waals surface area contributed by atoms with Crippen LogP contribution in [0.2, 0.25) is 0 Å². The van der Waals surface area contributed by atoms with E-state index in [1.54, 1.807) is 12.3 Å². The van der Waals surface area contributed by atoms with E-state index in [1.807, 2.05) is 32.0 Å². The lowest BCUT2D eigenvalue weighted by atomic mass is 9.77. The third-order valence-corrected chi connectivity index (χ3v) is 8.11. The fourth-order valence-electron chi connectivity index (χ4n) is 6.02. The van der Waals surface area contributed by atoms with E-state index in [1.165, 1.54) is 17.7 Å². The summed E-state index contributed by atoms with van der Waals surface area (Å²) in [7, 11) is 0. The zero-order valence-electron chi connectivity index (χ0n) is 22.7. The van der Waals surface area contributed by atoms with Crippen molar-refractivity contribution in [2.45, 2.75) is 51.9 Å². The van der Waals surface area contributed by atoms with Crippen molar-refractivity contribution in [1.82, 2.24) is 0 Å². The standard InChI is InChI=1S/C33H31F3N2O/c1-20(2)18-38-29-15-14-23(33(34,35)36)16-27(29)31(4,5)32(38)19-37-28-17-26(22-12-10-21(3)11-13-22)24-8-6-7-9-25(24)30(28)39-32/h6-17,19-20H,18H2,1-5H3. The second-order valence-electron chi connectivity index (χ2n) is 11.6. The van der Waals surface area contributed by atoms with Crippen LogP contribution < -0.4 is 9.64 Å². The van der Waals surface area contributed by atoms with Crippen LogP contribution in [-0.2, 0) is 11.6 Å². The first-order valence-electron chi connectivity index (χ1n) is 13.3. The van der Waals surface area contributed by atoms with E-state index in [0.717, 1.165) is 27.6 Å². The zero-order chi connectivity index (χ0) is 27.7. The van der Waals surface area contributed by atoms with Gasteiger partial charge in [0.25, 0.3) is 0 Å². The first-order chi connectivity index (χ1) is 18.4. The summed E-state index contributed by atoms with van der Waals surface area (Å²) in [6.45, 7) is 10.8. The topological polar surface area (TPSA) is 24.8 Å². The molecular weight excluding hydrogens is 497 g/mol. The van der Waals surface area contributed by atoms with Crippen molar-refractivity contribution in [1.29, 1.82) is 0 Å². The molecule has 0 fully saturated rings. The molecule has 0 saturated heterocycles. The highest BCUT2D eigenvalue weighted by atomic mass is 19.4. The van der Waals surface area contributed by atoms with Crippen LogP contribution in [0.3, 0.4) is 0 Å². The van der Waals surface area contributed by atoms with Gasteiger partial charge in [0, 0.05) is 17.6 Å². The summed E-state index contributed by atoms with van der Waals surface area (Å²) in [5.74, 6) is 0.889. The van der Waals surface area contributed by atoms with Gasteiger partial charge >= 0.3 is 6.18 Å². The molecule has 0 amide bonds. The number of alkyl halides is 3. The molecule has 0 saturated carbocycles. The van der Waals surface area contributed by atoms with Crippen LogP contribution in [0.25, 0.3) is 21.9 Å². The number of halogens is 3. The van der Waals surface area contributed by atoms with Gasteiger partial charge in [0.15, 0.2) is 5.75 Å². The summed E-state index contributed by atoms with van der Waals surface area (Å²) < 4.78 is 48.3. The van der Waals surface area contributed by atoms with Crippen LogP contribution in [-0.4, -0.2) is 18.5 Å². The Balaban J connectivity index is 1.56. The Morgan fingerprint density at radius 1 is 0.923 bits per heavy atom. The fourth-order valence-corrected chi connectivity index (χ4v) is 6.02. The highest BCUT2D eigenvalue weighted by Gasteiger charge is 2.60. The molecule has 0 bridgehead atoms. The Bertz CT molecular complexity index is 1620. The van der Waals surface area contributed by atoms with Crippen molar-refractivity contribution in [3.63, 3.8) is 0 Å². The van der Waals surface area contributed by atoms with E-state index in [-0.39, 0.29) is 5.92 Å². The second kappa shape index (κ2) is 8.60. The Labute approximate surface area is 226 Å². The molecular formula is C33H31F3N2O. The number of ether oxygens (including phenoxy) is 1. The van der Waals surface area contributed by atoms with Gasteiger partial charge in [0.1, 0.15) is 5.69 Å². The van der Waals surface area contributed by atoms with Gasteiger partial charge in [0.2, 0.25) is 5.72 Å². The normalized spacial score (nSPS) is 19.5. The second-order valence-corrected chi connectivity index (χ2v) is 11.6. The number of aryl methyl sites for hydroxylation is 1. The average Bonchev–Trinajstić information content (AvgIpc) is 3.06. The van der Waals surface area contributed by atoms with E-state index in [0.29, 0.717) is 23.5 Å². The summed E-state index contributed by atoms with van der Waals surface area (Å²) in [4.78, 5) is 7.08. The van der Waals surface area contributed by atoms with E-state index in [2.05, 4.69) is 62.1 Å². The van der Waals surface area contributed by atoms with E-state index in [9.17, 15) is 13.2 Å². The van der Waals surface area contributed by atoms with Gasteiger partial charge < -0.3 is 9.64 Å². The minimum absolute atomic E-state index is 0.241. The molecule has 6 rings (SSSR count). The number of aliphatic imine (C=N–C) groups is 1. The smallest absolute Gasteiger partial charge is 0.416 e. The van der Waals surface area contributed by atoms with E-state index >= 15 is 0 Å². The SMILES string of the molecule is Cc1ccc(-c2cc3c(c4ccccc24)OC2(C=N3)N(CC(C)C)c3ccc(C(F)(F)F)cc3C2(C)C)cc1. The maximum absolute atomic E-state index is 13.7. The lowest BCUT2D eigenvalue weighted by Crippen LogP contribution is -2.62. The van der Waals surface area contributed by atoms with Gasteiger partial charge in [-0.3, -0.25) is 4.99 Å². The number of fused-ring (bicyclic) bond motifs is 4. The third kappa shape index (κ3) is 3.83. The number of rotatable bonds is 3. The zero-order valence-corrected chi connectivity index (χ0v) is 22.7. The first-order valence-corrected chi connectivity index (χ1v) is 13.3. The van der Waals surface area contributed by atoms with Crippen LogP contribution >= 0.6 is 0 Å². The molecule has 200 valence electrons. The molecule has 0 aromatic heterocycles. The predicted octanol–water partition coefficient (Wildman–Crippen LogP) is 9.08. The molecule has 0 radical (unpaired) electrons. The number of nitrogens with zero attached hydrogens (tertiary/aromatic N) is 2. The van der Waals surface area contributed by atoms with Crippen molar-refractivity contribution < 1.29 is 17.9 Å². The van der Waals surface area contributed by atoms with E-state index < -0.39 is 22.9 Å². The van der Waals surface area contributed by atoms with Gasteiger partial charge in [-0.2, -0.15) is 13.2 Å². The van der Waals surface area contributed by atoms with Crippen LogP contribution in [0.4, 0.5) is 24.5 Å². The lowest BCUT2D eigenvalue weighted by molar-refractivity contribution is -0.137. The van der Waals surface area contributed by atoms with Crippen LogP contribution in [0.1, 0.15) is 44.4 Å². The van der Waals surface area contributed by atoms with Crippen LogP contribution in [0, 0.1) is 12.8 Å². The monoisotopic (exact) mass is 528 g/mol. The molecule has 2 heterocycles. The van der Waals surface area contributed by atoms with Gasteiger partial charge in [-0.15, -0.1) is 0 Å². The maximum Gasteiger partial charge on any atom is 0.416 e. The molecule has 2 aliphatic heterocycles. The third-order valence-electron chi connectivity index (χ3n) is 8.11. The molecule has 1 atom stereocenters. The van der Waals surface area contributed by atoms with Crippen LogP contribution in [0.5, 0.6) is 5.75 Å². The van der Waals surface area contributed by atoms with Crippen molar-refractivity contribution in [2.75, 3.05) is 11.4 Å². The van der Waals surface area contributed by atoms with Gasteiger partial charge in [-0.25, -0.2) is 0 Å². The van der Waals surface area contributed by atoms with Crippen LogP contribution in [0.15, 0.2) is 77.8 Å². The minimum Gasteiger partial charge on any atom is -0.459 e. The van der Waals surface area contributed by atoms with Crippen molar-refractivity contribution in [3.05, 3.63) is 89.5 Å². The number of hydrogen-bond acceptors (Lipinski definition) is 3. The number of hydrogen-bond donors (Lipinski definition) is 0. The first kappa shape index (κ1) is 25.5. The summed E-state index contributed by atoms with van der Waals surface area (Å²) in [6, 6.07) is 22.6. The highest BCUT2D eigenvalue weighted by Crippen LogP contribution is 2.56. The predicted molar refractivity (Wildman–Crippen MR) is 152 cm³/mol. The summed E-state index contributed by atoms with van der Waals surface area (Å²) >= 11 is 0. The Hall–Kier alpha value is -3.80. The molecule has 39 heavy (non-hydrogen) atoms. The fraction of sp³-hybridized carbons (Fsp3) is 0.303. The molecule has 2 aliphatic rings. The summed E-state index contributed by atoms with van der Waals surface area (Å²) in [6.07, 6.45) is -2.63. The molecule has 4 aromatic rings. The number of anilines is 1. The largest absolute Gasteiger partial charge is 0.459 e. The maximum atomic E-state index is 13.7. The Kier molecular flexibility index (Phi) is 5.62. The van der Waals surface area contributed by atoms with Crippen molar-refractivity contribution in [3.8, 4) is 16.9 Å². The molecule has 6 heteroatoms. The summed E-state index contributed by atoms with van der Waals surface area (Å²) in [5, 5.41) is 1.96. The molecule has 4 aromatic carbocycles. The number of benzene rings is 4. The average molecular weight is 529 g/mol. The molecule has 0 aliphatic carbocycles. The molecule has 0 N–H and O–H groups in total. The Morgan fingerprint density at radius 3 is 2.28 bits per heavy atom. The summed E-state index contributed by atoms with van der Waals surface area (Å²) in [5.41, 5.74) is 2.83. The van der Waals surface area contributed by atoms with Crippen molar-refractivity contribution in [2.24, 2.45) is 10.9 Å². The molecule has 1 spiro atoms. The quantitative estimate of drug-likeness (QED) is 0.265. The highest BCUT2D eigenvalue weighted by molar-refractivity contribution is 6.05. The van der Waals surface area contributed by atoms with Gasteiger partial charge in [0.05, 0.1) is 17.2 Å². The Morgan fingerprint density at radius 2 is 1.62 bits per heavy atom. The van der Waals surface area contributed by atoms with Crippen molar-refractivity contribution >= 4 is 28.4 Å².